The van der Waals surface area contributed by atoms with Crippen molar-refractivity contribution in [3.8, 4) is 6.07 Å². The molecule has 1 heterocycles. The van der Waals surface area contributed by atoms with E-state index in [1.54, 1.807) is 18.2 Å². The normalized spacial score (nSPS) is 16.0. The fourth-order valence-electron chi connectivity index (χ4n) is 4.14. The van der Waals surface area contributed by atoms with Crippen molar-refractivity contribution in [2.24, 2.45) is 5.92 Å². The number of para-hydroxylation sites is 1. The van der Waals surface area contributed by atoms with Crippen LogP contribution in [0.3, 0.4) is 0 Å². The molecule has 1 fully saturated rings. The number of hydrogen-bond acceptors (Lipinski definition) is 6. The zero-order chi connectivity index (χ0) is 23.8. The Hall–Kier alpha value is -3.80. The summed E-state index contributed by atoms with van der Waals surface area (Å²) in [5, 5.41) is 25.3. The van der Waals surface area contributed by atoms with Gasteiger partial charge in [0.2, 0.25) is 5.92 Å². The summed E-state index contributed by atoms with van der Waals surface area (Å²) in [6.45, 7) is 4.07. The predicted octanol–water partition coefficient (Wildman–Crippen LogP) is 5.14. The van der Waals surface area contributed by atoms with E-state index in [4.69, 9.17) is 0 Å². The third kappa shape index (κ3) is 4.70. The minimum atomic E-state index is -2.61. The van der Waals surface area contributed by atoms with Crippen LogP contribution in [0.15, 0.2) is 36.4 Å². The largest absolute Gasteiger partial charge is 0.478 e. The number of aromatic nitrogens is 2. The van der Waals surface area contributed by atoms with Crippen molar-refractivity contribution in [3.05, 3.63) is 58.8 Å². The first-order chi connectivity index (χ1) is 15.7. The molecule has 4 rings (SSSR count). The molecule has 0 amide bonds. The Morgan fingerprint density at radius 3 is 2.70 bits per heavy atom. The van der Waals surface area contributed by atoms with Gasteiger partial charge >= 0.3 is 5.97 Å². The van der Waals surface area contributed by atoms with Gasteiger partial charge in [-0.3, -0.25) is 0 Å². The summed E-state index contributed by atoms with van der Waals surface area (Å²) in [5.74, 6) is -3.58. The smallest absolute Gasteiger partial charge is 0.337 e. The van der Waals surface area contributed by atoms with E-state index in [1.807, 2.05) is 32.0 Å². The van der Waals surface area contributed by atoms with Crippen molar-refractivity contribution in [1.29, 1.82) is 5.26 Å². The van der Waals surface area contributed by atoms with Crippen molar-refractivity contribution in [2.75, 3.05) is 17.2 Å². The number of halogens is 2. The molecule has 1 aromatic heterocycles. The molecule has 0 spiro atoms. The molecule has 7 nitrogen and oxygen atoms in total. The topological polar surface area (TPSA) is 111 Å². The SMILES string of the molecule is Cc1cc([C@@H](C)Nc2ccccc2C(=O)O)c2nc(NCC3CC(F)(F)C3)c(C#N)nc2c1. The van der Waals surface area contributed by atoms with Crippen LogP contribution in [0.4, 0.5) is 20.3 Å². The van der Waals surface area contributed by atoms with Crippen LogP contribution in [0, 0.1) is 24.2 Å². The third-order valence-electron chi connectivity index (χ3n) is 5.78. The van der Waals surface area contributed by atoms with E-state index in [1.165, 1.54) is 6.07 Å². The Balaban J connectivity index is 1.67. The number of carbonyl (C=O) groups is 1. The first-order valence-electron chi connectivity index (χ1n) is 10.6. The standard InChI is InChI=1S/C24H23F2N5O2/c1-13-7-17(14(2)29-18-6-4-3-5-16(18)23(32)33)21-19(8-13)30-20(11-27)22(31-21)28-12-15-9-24(25,26)10-15/h3-8,14-15,29H,9-10,12H2,1-2H3,(H,28,31)(H,32,33)/t14-/m1/s1. The van der Waals surface area contributed by atoms with Gasteiger partial charge in [-0.15, -0.1) is 0 Å². The van der Waals surface area contributed by atoms with Crippen LogP contribution in [0.2, 0.25) is 0 Å². The molecule has 1 atom stereocenters. The molecule has 9 heteroatoms. The van der Waals surface area contributed by atoms with Crippen LogP contribution in [0.1, 0.15) is 53.0 Å². The number of carboxylic acids is 1. The van der Waals surface area contributed by atoms with Crippen molar-refractivity contribution >= 4 is 28.5 Å². The highest BCUT2D eigenvalue weighted by Gasteiger charge is 2.44. The van der Waals surface area contributed by atoms with Crippen molar-refractivity contribution in [2.45, 2.75) is 38.7 Å². The van der Waals surface area contributed by atoms with Crippen LogP contribution in [-0.2, 0) is 0 Å². The summed E-state index contributed by atoms with van der Waals surface area (Å²) in [6, 6.07) is 12.1. The maximum absolute atomic E-state index is 13.2. The zero-order valence-electron chi connectivity index (χ0n) is 18.2. The Bertz CT molecular complexity index is 1260. The number of benzene rings is 2. The van der Waals surface area contributed by atoms with Gasteiger partial charge in [-0.25, -0.2) is 23.5 Å². The minimum Gasteiger partial charge on any atom is -0.478 e. The second-order valence-electron chi connectivity index (χ2n) is 8.48. The summed E-state index contributed by atoms with van der Waals surface area (Å²) in [5.41, 5.74) is 3.49. The van der Waals surface area contributed by atoms with E-state index in [-0.39, 0.29) is 48.4 Å². The second-order valence-corrected chi connectivity index (χ2v) is 8.48. The number of fused-ring (bicyclic) bond motifs is 1. The summed E-state index contributed by atoms with van der Waals surface area (Å²) in [4.78, 5) is 20.6. The van der Waals surface area contributed by atoms with E-state index < -0.39 is 11.9 Å². The van der Waals surface area contributed by atoms with Gasteiger partial charge in [-0.2, -0.15) is 5.26 Å². The van der Waals surface area contributed by atoms with Crippen molar-refractivity contribution < 1.29 is 18.7 Å². The lowest BCUT2D eigenvalue weighted by atomic mass is 9.81. The van der Waals surface area contributed by atoms with E-state index in [0.29, 0.717) is 16.7 Å². The van der Waals surface area contributed by atoms with Gasteiger partial charge in [0.05, 0.1) is 22.6 Å². The lowest BCUT2D eigenvalue weighted by Gasteiger charge is -2.35. The summed E-state index contributed by atoms with van der Waals surface area (Å²) in [6.07, 6.45) is -0.367. The first kappa shape index (κ1) is 22.4. The molecule has 1 saturated carbocycles. The number of alkyl halides is 2. The monoisotopic (exact) mass is 451 g/mol. The number of nitriles is 1. The van der Waals surface area contributed by atoms with Crippen LogP contribution in [0.25, 0.3) is 11.0 Å². The van der Waals surface area contributed by atoms with Gasteiger partial charge in [0.25, 0.3) is 0 Å². The molecule has 0 unspecified atom stereocenters. The summed E-state index contributed by atoms with van der Waals surface area (Å²) >= 11 is 0. The van der Waals surface area contributed by atoms with Gasteiger partial charge in [0.1, 0.15) is 6.07 Å². The molecule has 1 aliphatic carbocycles. The van der Waals surface area contributed by atoms with Gasteiger partial charge < -0.3 is 15.7 Å². The molecule has 2 aromatic carbocycles. The first-order valence-corrected chi connectivity index (χ1v) is 10.6. The lowest BCUT2D eigenvalue weighted by molar-refractivity contribution is -0.106. The minimum absolute atomic E-state index is 0.0990. The summed E-state index contributed by atoms with van der Waals surface area (Å²) in [7, 11) is 0. The van der Waals surface area contributed by atoms with Gasteiger partial charge in [-0.05, 0) is 43.5 Å². The van der Waals surface area contributed by atoms with Crippen LogP contribution in [-0.4, -0.2) is 33.5 Å². The Labute approximate surface area is 189 Å². The Kier molecular flexibility index (Phi) is 5.85. The maximum Gasteiger partial charge on any atom is 0.337 e. The van der Waals surface area contributed by atoms with Crippen LogP contribution < -0.4 is 10.6 Å². The lowest BCUT2D eigenvalue weighted by Crippen LogP contribution is -2.39. The number of hydrogen-bond donors (Lipinski definition) is 3. The van der Waals surface area contributed by atoms with Crippen LogP contribution >= 0.6 is 0 Å². The second kappa shape index (κ2) is 8.62. The molecule has 170 valence electrons. The highest BCUT2D eigenvalue weighted by Crippen LogP contribution is 2.42. The molecule has 3 aromatic rings. The van der Waals surface area contributed by atoms with E-state index >= 15 is 0 Å². The number of aryl methyl sites for hydroxylation is 1. The fourth-order valence-corrected chi connectivity index (χ4v) is 4.14. The number of nitrogens with zero attached hydrogens (tertiary/aromatic N) is 3. The van der Waals surface area contributed by atoms with Gasteiger partial charge in [0, 0.05) is 30.6 Å². The highest BCUT2D eigenvalue weighted by molar-refractivity contribution is 5.94. The van der Waals surface area contributed by atoms with E-state index in [2.05, 4.69) is 20.6 Å². The molecule has 33 heavy (non-hydrogen) atoms. The van der Waals surface area contributed by atoms with Crippen LogP contribution in [0.5, 0.6) is 0 Å². The molecular weight excluding hydrogens is 428 g/mol. The number of aromatic carboxylic acids is 1. The molecule has 1 aliphatic rings. The number of rotatable bonds is 7. The molecule has 0 aliphatic heterocycles. The molecule has 3 N–H and O–H groups in total. The van der Waals surface area contributed by atoms with Gasteiger partial charge in [0.15, 0.2) is 11.5 Å². The molecular formula is C24H23F2N5O2. The van der Waals surface area contributed by atoms with Crippen molar-refractivity contribution in [1.82, 2.24) is 9.97 Å². The Morgan fingerprint density at radius 2 is 2.03 bits per heavy atom. The Morgan fingerprint density at radius 1 is 1.30 bits per heavy atom. The quantitative estimate of drug-likeness (QED) is 0.456. The number of nitrogens with one attached hydrogen (secondary N) is 2. The molecule has 0 radical (unpaired) electrons. The average molecular weight is 451 g/mol. The van der Waals surface area contributed by atoms with Gasteiger partial charge in [-0.1, -0.05) is 18.2 Å². The highest BCUT2D eigenvalue weighted by atomic mass is 19.3. The maximum atomic E-state index is 13.2. The molecule has 0 saturated heterocycles. The third-order valence-corrected chi connectivity index (χ3v) is 5.78. The van der Waals surface area contributed by atoms with Crippen molar-refractivity contribution in [3.63, 3.8) is 0 Å². The molecule has 0 bridgehead atoms. The summed E-state index contributed by atoms with van der Waals surface area (Å²) < 4.78 is 26.3. The van der Waals surface area contributed by atoms with E-state index in [0.717, 1.165) is 11.1 Å². The van der Waals surface area contributed by atoms with E-state index in [9.17, 15) is 23.9 Å². The number of anilines is 2. The number of carboxylic acid groups (broad SMARTS) is 1. The average Bonchev–Trinajstić information content (AvgIpc) is 2.75. The fraction of sp³-hybridized carbons (Fsp3) is 0.333. The zero-order valence-corrected chi connectivity index (χ0v) is 18.2. The predicted molar refractivity (Wildman–Crippen MR) is 121 cm³/mol.